The highest BCUT2D eigenvalue weighted by Gasteiger charge is 2.36. The zero-order valence-corrected chi connectivity index (χ0v) is 11.1. The first-order valence-corrected chi connectivity index (χ1v) is 7.17. The lowest BCUT2D eigenvalue weighted by Gasteiger charge is -2.39. The molecule has 17 heavy (non-hydrogen) atoms. The predicted octanol–water partition coefficient (Wildman–Crippen LogP) is 4.78. The molecule has 1 nitrogen and oxygen atoms in total. The van der Waals surface area contributed by atoms with Crippen LogP contribution in [0.3, 0.4) is 0 Å². The van der Waals surface area contributed by atoms with Crippen LogP contribution in [0.2, 0.25) is 0 Å². The second-order valence-electron chi connectivity index (χ2n) is 5.36. The largest absolute Gasteiger partial charge is 0.348 e. The molecule has 0 N–H and O–H groups in total. The number of unbranched alkanes of at least 4 members (excludes halogenated alkanes) is 2. The van der Waals surface area contributed by atoms with Crippen molar-refractivity contribution in [1.82, 2.24) is 4.90 Å². The van der Waals surface area contributed by atoms with E-state index in [1.54, 1.807) is 0 Å². The number of hydrogen-bond donors (Lipinski definition) is 0. The Morgan fingerprint density at radius 2 is 1.59 bits per heavy atom. The quantitative estimate of drug-likeness (QED) is 0.615. The Labute approximate surface area is 106 Å². The van der Waals surface area contributed by atoms with E-state index in [2.05, 4.69) is 48.5 Å². The van der Waals surface area contributed by atoms with Crippen molar-refractivity contribution in [1.29, 1.82) is 0 Å². The Kier molecular flexibility index (Phi) is 4.47. The average molecular weight is 231 g/mol. The maximum absolute atomic E-state index is 2.48. The summed E-state index contributed by atoms with van der Waals surface area (Å²) >= 11 is 0. The van der Waals surface area contributed by atoms with Crippen molar-refractivity contribution in [3.8, 4) is 0 Å². The first kappa shape index (κ1) is 12.5. The van der Waals surface area contributed by atoms with Gasteiger partial charge in [-0.15, -0.1) is 0 Å². The molecule has 1 aliphatic carbocycles. The monoisotopic (exact) mass is 231 g/mol. The maximum atomic E-state index is 2.48. The fraction of sp³-hybridized carbons (Fsp3) is 0.625. The summed E-state index contributed by atoms with van der Waals surface area (Å²) in [6.45, 7) is 2.29. The highest BCUT2D eigenvalue weighted by Crippen LogP contribution is 2.40. The molecule has 0 unspecified atom stereocenters. The van der Waals surface area contributed by atoms with Crippen LogP contribution in [-0.2, 0) is 0 Å². The molecule has 0 aromatic rings. The molecule has 2 rings (SSSR count). The maximum Gasteiger partial charge on any atom is 0.0439 e. The SMILES string of the molecule is CCCCCC1(N2C=CC=CC=C2)CCCC1. The summed E-state index contributed by atoms with van der Waals surface area (Å²) in [7, 11) is 0. The Bertz CT molecular complexity index is 289. The third-order valence-corrected chi connectivity index (χ3v) is 4.15. The van der Waals surface area contributed by atoms with Crippen molar-refractivity contribution in [2.75, 3.05) is 0 Å². The molecule has 0 saturated heterocycles. The summed E-state index contributed by atoms with van der Waals surface area (Å²) in [5.41, 5.74) is 0.425. The molecule has 94 valence electrons. The Balaban J connectivity index is 2.04. The van der Waals surface area contributed by atoms with E-state index in [4.69, 9.17) is 0 Å². The highest BCUT2D eigenvalue weighted by molar-refractivity contribution is 5.18. The van der Waals surface area contributed by atoms with Crippen LogP contribution in [0.25, 0.3) is 0 Å². The van der Waals surface area contributed by atoms with Gasteiger partial charge < -0.3 is 4.90 Å². The summed E-state index contributed by atoms with van der Waals surface area (Å²) in [6, 6.07) is 0. The van der Waals surface area contributed by atoms with Gasteiger partial charge in [-0.1, -0.05) is 51.2 Å². The van der Waals surface area contributed by atoms with Gasteiger partial charge in [0.05, 0.1) is 0 Å². The first-order chi connectivity index (χ1) is 8.37. The highest BCUT2D eigenvalue weighted by atomic mass is 15.2. The number of allylic oxidation sites excluding steroid dienone is 4. The van der Waals surface area contributed by atoms with Crippen LogP contribution in [0.4, 0.5) is 0 Å². The normalized spacial score (nSPS) is 22.1. The van der Waals surface area contributed by atoms with Crippen LogP contribution in [0.1, 0.15) is 58.3 Å². The van der Waals surface area contributed by atoms with Crippen LogP contribution < -0.4 is 0 Å². The topological polar surface area (TPSA) is 3.24 Å². The van der Waals surface area contributed by atoms with Gasteiger partial charge in [0.15, 0.2) is 0 Å². The molecule has 0 bridgehead atoms. The van der Waals surface area contributed by atoms with Gasteiger partial charge in [-0.25, -0.2) is 0 Å². The minimum absolute atomic E-state index is 0.425. The average Bonchev–Trinajstić information content (AvgIpc) is 2.65. The molecule has 1 saturated carbocycles. The molecule has 1 aliphatic heterocycles. The van der Waals surface area contributed by atoms with E-state index in [0.717, 1.165) is 0 Å². The molecule has 2 aliphatic rings. The summed E-state index contributed by atoms with van der Waals surface area (Å²) in [4.78, 5) is 2.48. The van der Waals surface area contributed by atoms with E-state index in [0.29, 0.717) is 5.54 Å². The van der Waals surface area contributed by atoms with E-state index < -0.39 is 0 Å². The standard InChI is InChI=1S/C16H25N/c1-2-3-6-11-16(12-7-8-13-16)17-14-9-4-5-10-15-17/h4-5,9-10,14-15H,2-3,6-8,11-13H2,1H3. The summed E-state index contributed by atoms with van der Waals surface area (Å²) in [6.07, 6.45) is 24.1. The third-order valence-electron chi connectivity index (χ3n) is 4.15. The second kappa shape index (κ2) is 6.09. The van der Waals surface area contributed by atoms with Crippen molar-refractivity contribution in [2.45, 2.75) is 63.8 Å². The zero-order chi connectivity index (χ0) is 12.0. The van der Waals surface area contributed by atoms with Crippen LogP contribution >= 0.6 is 0 Å². The molecule has 0 aromatic carbocycles. The predicted molar refractivity (Wildman–Crippen MR) is 74.6 cm³/mol. The molecule has 0 radical (unpaired) electrons. The van der Waals surface area contributed by atoms with Crippen molar-refractivity contribution in [3.05, 3.63) is 36.7 Å². The molecule has 0 amide bonds. The summed E-state index contributed by atoms with van der Waals surface area (Å²) in [5, 5.41) is 0. The van der Waals surface area contributed by atoms with Crippen molar-refractivity contribution < 1.29 is 0 Å². The molecule has 1 heteroatoms. The number of hydrogen-bond acceptors (Lipinski definition) is 1. The Hall–Kier alpha value is -0.980. The molecule has 0 spiro atoms. The smallest absolute Gasteiger partial charge is 0.0439 e. The van der Waals surface area contributed by atoms with Gasteiger partial charge in [0.1, 0.15) is 0 Å². The minimum atomic E-state index is 0.425. The number of nitrogens with zero attached hydrogens (tertiary/aromatic N) is 1. The van der Waals surface area contributed by atoms with Crippen LogP contribution in [-0.4, -0.2) is 10.4 Å². The summed E-state index contributed by atoms with van der Waals surface area (Å²) in [5.74, 6) is 0. The lowest BCUT2D eigenvalue weighted by Crippen LogP contribution is -2.40. The van der Waals surface area contributed by atoms with Crippen LogP contribution in [0.5, 0.6) is 0 Å². The van der Waals surface area contributed by atoms with Crippen molar-refractivity contribution >= 4 is 0 Å². The Morgan fingerprint density at radius 3 is 2.18 bits per heavy atom. The minimum Gasteiger partial charge on any atom is -0.348 e. The lowest BCUT2D eigenvalue weighted by molar-refractivity contribution is 0.188. The Morgan fingerprint density at radius 1 is 0.941 bits per heavy atom. The lowest BCUT2D eigenvalue weighted by atomic mass is 9.89. The van der Waals surface area contributed by atoms with Crippen molar-refractivity contribution in [3.63, 3.8) is 0 Å². The van der Waals surface area contributed by atoms with Gasteiger partial charge in [-0.3, -0.25) is 0 Å². The van der Waals surface area contributed by atoms with Gasteiger partial charge in [0, 0.05) is 17.9 Å². The molecule has 1 heterocycles. The van der Waals surface area contributed by atoms with Gasteiger partial charge in [0.25, 0.3) is 0 Å². The molecule has 0 aromatic heterocycles. The second-order valence-corrected chi connectivity index (χ2v) is 5.36. The van der Waals surface area contributed by atoms with E-state index in [9.17, 15) is 0 Å². The fourth-order valence-electron chi connectivity index (χ4n) is 3.15. The van der Waals surface area contributed by atoms with Crippen LogP contribution in [0, 0.1) is 0 Å². The van der Waals surface area contributed by atoms with Gasteiger partial charge in [-0.2, -0.15) is 0 Å². The molecule has 0 atom stereocenters. The molecular formula is C16H25N. The van der Waals surface area contributed by atoms with E-state index in [1.165, 1.54) is 51.4 Å². The van der Waals surface area contributed by atoms with Gasteiger partial charge in [0.2, 0.25) is 0 Å². The van der Waals surface area contributed by atoms with E-state index in [1.807, 2.05) is 0 Å². The fourth-order valence-corrected chi connectivity index (χ4v) is 3.15. The van der Waals surface area contributed by atoms with E-state index in [-0.39, 0.29) is 0 Å². The number of rotatable bonds is 5. The van der Waals surface area contributed by atoms with Crippen LogP contribution in [0.15, 0.2) is 36.7 Å². The summed E-state index contributed by atoms with van der Waals surface area (Å²) < 4.78 is 0. The third kappa shape index (κ3) is 3.02. The molecule has 1 fully saturated rings. The first-order valence-electron chi connectivity index (χ1n) is 7.17. The van der Waals surface area contributed by atoms with Gasteiger partial charge in [-0.05, 0) is 31.4 Å². The van der Waals surface area contributed by atoms with Gasteiger partial charge >= 0.3 is 0 Å². The molecular weight excluding hydrogens is 206 g/mol. The van der Waals surface area contributed by atoms with E-state index >= 15 is 0 Å². The van der Waals surface area contributed by atoms with Crippen molar-refractivity contribution in [2.24, 2.45) is 0 Å². The zero-order valence-electron chi connectivity index (χ0n) is 11.1.